The van der Waals surface area contributed by atoms with Gasteiger partial charge in [-0.3, -0.25) is 5.10 Å². The molecule has 4 nitrogen and oxygen atoms in total. The van der Waals surface area contributed by atoms with Crippen molar-refractivity contribution in [3.05, 3.63) is 29.3 Å². The van der Waals surface area contributed by atoms with Crippen LogP contribution in [0.4, 0.5) is 13.2 Å². The smallest absolute Gasteiger partial charge is 0.372 e. The highest BCUT2D eigenvalue weighted by Crippen LogP contribution is 2.21. The predicted octanol–water partition coefficient (Wildman–Crippen LogP) is 4.19. The number of ether oxygens (including phenoxy) is 1. The summed E-state index contributed by atoms with van der Waals surface area (Å²) in [5.41, 5.74) is 0.859. The Morgan fingerprint density at radius 3 is 2.64 bits per heavy atom. The van der Waals surface area contributed by atoms with Gasteiger partial charge in [-0.05, 0) is 30.7 Å². The molecule has 0 spiro atoms. The van der Waals surface area contributed by atoms with Crippen molar-refractivity contribution in [2.75, 3.05) is 19.0 Å². The summed E-state index contributed by atoms with van der Waals surface area (Å²) in [6.07, 6.45) is -3.78. The molecule has 0 radical (unpaired) electrons. The Bertz CT molecular complexity index is 589. The second-order valence-electron chi connectivity index (χ2n) is 4.34. The number of alkyl halides is 3. The molecular formula is C13H13ClF3N3OS. The molecule has 1 heterocycles. The van der Waals surface area contributed by atoms with E-state index < -0.39 is 12.8 Å². The summed E-state index contributed by atoms with van der Waals surface area (Å²) in [7, 11) is 0. The quantitative estimate of drug-likeness (QED) is 0.600. The highest BCUT2D eigenvalue weighted by atomic mass is 35.5. The number of hydrogen-bond acceptors (Lipinski definition) is 4. The van der Waals surface area contributed by atoms with Gasteiger partial charge in [0.15, 0.2) is 5.82 Å². The fourth-order valence-corrected chi connectivity index (χ4v) is 2.40. The highest BCUT2D eigenvalue weighted by Gasteiger charge is 2.27. The lowest BCUT2D eigenvalue weighted by atomic mass is 10.2. The van der Waals surface area contributed by atoms with Crippen LogP contribution in [0.5, 0.6) is 0 Å². The second kappa shape index (κ2) is 7.85. The number of aromatic amines is 1. The van der Waals surface area contributed by atoms with Gasteiger partial charge in [0.2, 0.25) is 5.16 Å². The Balaban J connectivity index is 1.72. The van der Waals surface area contributed by atoms with Crippen molar-refractivity contribution < 1.29 is 17.9 Å². The van der Waals surface area contributed by atoms with Gasteiger partial charge in [-0.25, -0.2) is 4.98 Å². The Morgan fingerprint density at radius 1 is 1.23 bits per heavy atom. The molecule has 0 saturated carbocycles. The van der Waals surface area contributed by atoms with Crippen molar-refractivity contribution >= 4 is 23.4 Å². The molecule has 1 aromatic carbocycles. The number of H-pyrrole nitrogens is 1. The van der Waals surface area contributed by atoms with E-state index in [1.807, 2.05) is 12.1 Å². The molecule has 9 heteroatoms. The van der Waals surface area contributed by atoms with Crippen molar-refractivity contribution in [1.82, 2.24) is 15.2 Å². The first-order valence-electron chi connectivity index (χ1n) is 6.40. The first-order chi connectivity index (χ1) is 10.4. The van der Waals surface area contributed by atoms with E-state index in [4.69, 9.17) is 11.6 Å². The van der Waals surface area contributed by atoms with Gasteiger partial charge < -0.3 is 4.74 Å². The van der Waals surface area contributed by atoms with Crippen LogP contribution in [0.2, 0.25) is 5.02 Å². The molecule has 2 rings (SSSR count). The minimum Gasteiger partial charge on any atom is -0.372 e. The van der Waals surface area contributed by atoms with Crippen molar-refractivity contribution in [1.29, 1.82) is 0 Å². The largest absolute Gasteiger partial charge is 0.411 e. The molecule has 0 amide bonds. The molecule has 0 aliphatic carbocycles. The van der Waals surface area contributed by atoms with Gasteiger partial charge in [0.25, 0.3) is 0 Å². The third kappa shape index (κ3) is 5.86. The van der Waals surface area contributed by atoms with Crippen molar-refractivity contribution in [3.8, 4) is 11.4 Å². The average molecular weight is 352 g/mol. The van der Waals surface area contributed by atoms with Crippen molar-refractivity contribution in [2.45, 2.75) is 17.8 Å². The van der Waals surface area contributed by atoms with Gasteiger partial charge in [0, 0.05) is 22.9 Å². The van der Waals surface area contributed by atoms with Crippen LogP contribution in [-0.4, -0.2) is 40.3 Å². The Morgan fingerprint density at radius 2 is 1.95 bits per heavy atom. The molecule has 0 fully saturated rings. The number of aromatic nitrogens is 3. The van der Waals surface area contributed by atoms with Crippen LogP contribution in [0.3, 0.4) is 0 Å². The maximum absolute atomic E-state index is 11.9. The lowest BCUT2D eigenvalue weighted by Gasteiger charge is -2.06. The van der Waals surface area contributed by atoms with Crippen LogP contribution >= 0.6 is 23.4 Å². The third-order valence-corrected chi connectivity index (χ3v) is 3.70. The number of halogens is 4. The monoisotopic (exact) mass is 351 g/mol. The fraction of sp³-hybridized carbons (Fsp3) is 0.385. The minimum atomic E-state index is -4.27. The molecule has 22 heavy (non-hydrogen) atoms. The van der Waals surface area contributed by atoms with Crippen LogP contribution in [0.1, 0.15) is 6.42 Å². The van der Waals surface area contributed by atoms with E-state index >= 15 is 0 Å². The molecule has 0 bridgehead atoms. The number of nitrogens with zero attached hydrogens (tertiary/aromatic N) is 2. The van der Waals surface area contributed by atoms with Gasteiger partial charge in [0.1, 0.15) is 6.61 Å². The summed E-state index contributed by atoms with van der Waals surface area (Å²) in [6.45, 7) is -1.15. The third-order valence-electron chi connectivity index (χ3n) is 2.51. The number of nitrogens with one attached hydrogen (secondary N) is 1. The van der Waals surface area contributed by atoms with Gasteiger partial charge in [-0.2, -0.15) is 13.2 Å². The molecule has 0 saturated heterocycles. The summed E-state index contributed by atoms with van der Waals surface area (Å²) in [5, 5.41) is 8.03. The number of rotatable bonds is 7. The van der Waals surface area contributed by atoms with E-state index in [-0.39, 0.29) is 6.61 Å². The Kier molecular flexibility index (Phi) is 6.10. The molecule has 0 aliphatic rings. The summed E-state index contributed by atoms with van der Waals surface area (Å²) in [4.78, 5) is 4.30. The normalized spacial score (nSPS) is 11.8. The Hall–Kier alpha value is -1.25. The van der Waals surface area contributed by atoms with Gasteiger partial charge >= 0.3 is 6.18 Å². The van der Waals surface area contributed by atoms with Gasteiger partial charge in [0.05, 0.1) is 0 Å². The average Bonchev–Trinajstić information content (AvgIpc) is 2.91. The summed E-state index contributed by atoms with van der Waals surface area (Å²) < 4.78 is 40.1. The lowest BCUT2D eigenvalue weighted by Crippen LogP contribution is -2.17. The Labute approximate surface area is 134 Å². The first kappa shape index (κ1) is 17.1. The molecule has 0 atom stereocenters. The van der Waals surface area contributed by atoms with Crippen molar-refractivity contribution in [3.63, 3.8) is 0 Å². The van der Waals surface area contributed by atoms with Gasteiger partial charge in [-0.1, -0.05) is 23.4 Å². The van der Waals surface area contributed by atoms with E-state index in [9.17, 15) is 13.2 Å². The van der Waals surface area contributed by atoms with Crippen molar-refractivity contribution in [2.24, 2.45) is 0 Å². The summed E-state index contributed by atoms with van der Waals surface area (Å²) in [5.74, 6) is 1.20. The summed E-state index contributed by atoms with van der Waals surface area (Å²) >= 11 is 7.17. The standard InChI is InChI=1S/C13H13ClF3N3OS/c14-10-4-2-9(3-5-10)11-18-12(20-19-11)22-7-1-6-21-8-13(15,16)17/h2-5H,1,6-8H2,(H,18,19,20). The SMILES string of the molecule is FC(F)(F)COCCCSc1n[nH]c(-c2ccc(Cl)cc2)n1. The number of thioether (sulfide) groups is 1. The predicted molar refractivity (Wildman–Crippen MR) is 79.0 cm³/mol. The molecule has 1 aromatic heterocycles. The molecule has 0 unspecified atom stereocenters. The van der Waals surface area contributed by atoms with E-state index in [1.165, 1.54) is 11.8 Å². The van der Waals surface area contributed by atoms with Crippen LogP contribution in [0.15, 0.2) is 29.4 Å². The minimum absolute atomic E-state index is 0.0565. The fourth-order valence-electron chi connectivity index (χ4n) is 1.56. The van der Waals surface area contributed by atoms with Crippen LogP contribution in [0.25, 0.3) is 11.4 Å². The summed E-state index contributed by atoms with van der Waals surface area (Å²) in [6, 6.07) is 7.15. The van der Waals surface area contributed by atoms with E-state index in [0.29, 0.717) is 28.2 Å². The molecular weight excluding hydrogens is 339 g/mol. The molecule has 0 aliphatic heterocycles. The molecule has 2 aromatic rings. The maximum Gasteiger partial charge on any atom is 0.411 e. The first-order valence-corrected chi connectivity index (χ1v) is 7.76. The number of benzene rings is 1. The molecule has 1 N–H and O–H groups in total. The zero-order valence-corrected chi connectivity index (χ0v) is 12.9. The molecule has 120 valence electrons. The number of hydrogen-bond donors (Lipinski definition) is 1. The zero-order chi connectivity index (χ0) is 16.0. The van der Waals surface area contributed by atoms with E-state index in [0.717, 1.165) is 5.56 Å². The van der Waals surface area contributed by atoms with Gasteiger partial charge in [-0.15, -0.1) is 5.10 Å². The maximum atomic E-state index is 11.9. The van der Waals surface area contributed by atoms with Crippen LogP contribution < -0.4 is 0 Å². The van der Waals surface area contributed by atoms with Crippen LogP contribution in [0, 0.1) is 0 Å². The topological polar surface area (TPSA) is 50.8 Å². The second-order valence-corrected chi connectivity index (χ2v) is 5.84. The van der Waals surface area contributed by atoms with Crippen LogP contribution in [-0.2, 0) is 4.74 Å². The zero-order valence-electron chi connectivity index (χ0n) is 11.4. The highest BCUT2D eigenvalue weighted by molar-refractivity contribution is 7.99. The van der Waals surface area contributed by atoms with E-state index in [2.05, 4.69) is 19.9 Å². The van der Waals surface area contributed by atoms with E-state index in [1.54, 1.807) is 12.1 Å². The lowest BCUT2D eigenvalue weighted by molar-refractivity contribution is -0.173.